The minimum Gasteiger partial charge on any atom is -0.407 e. The van der Waals surface area contributed by atoms with Crippen LogP contribution in [0.5, 0.6) is 0 Å². The van der Waals surface area contributed by atoms with Crippen molar-refractivity contribution in [2.45, 2.75) is 76.9 Å². The molecule has 4 nitrogen and oxygen atoms in total. The van der Waals surface area contributed by atoms with Gasteiger partial charge in [-0.15, -0.1) is 0 Å². The number of amides is 1. The maximum atomic E-state index is 14.4. The third-order valence-electron chi connectivity index (χ3n) is 6.70. The first-order chi connectivity index (χ1) is 14.4. The molecule has 0 heterocycles. The van der Waals surface area contributed by atoms with Gasteiger partial charge in [0.1, 0.15) is 11.5 Å². The second kappa shape index (κ2) is 8.63. The molecule has 2 unspecified atom stereocenters. The molecule has 32 heavy (non-hydrogen) atoms. The average molecular weight is 468 g/mol. The fourth-order valence-corrected chi connectivity index (χ4v) is 5.07. The standard InChI is InChI=1S/C24H32F3NO3Si/c1-15-18(20(29)16(2)31-32(6,7)22(3,4)5)11-8-12-19(15)23(24(25,26)27)13-9-10-17(14-23)21(28)30/h8-13,16H,14H2,1-7H3,(H2,28,30). The summed E-state index contributed by atoms with van der Waals surface area (Å²) < 4.78 is 49.4. The highest BCUT2D eigenvalue weighted by Crippen LogP contribution is 2.49. The van der Waals surface area contributed by atoms with Crippen molar-refractivity contribution in [2.75, 3.05) is 0 Å². The summed E-state index contributed by atoms with van der Waals surface area (Å²) in [6.07, 6.45) is -2.58. The SMILES string of the molecule is Cc1c(C(=O)C(C)O[Si](C)(C)C(C)(C)C)cccc1C1(C(F)(F)F)C=CC=C(C(N)=O)C1. The van der Waals surface area contributed by atoms with Crippen molar-refractivity contribution < 1.29 is 27.2 Å². The molecule has 0 fully saturated rings. The molecule has 0 saturated heterocycles. The number of carbonyl (C=O) groups excluding carboxylic acids is 2. The van der Waals surface area contributed by atoms with Crippen LogP contribution in [-0.4, -0.2) is 32.3 Å². The van der Waals surface area contributed by atoms with Crippen molar-refractivity contribution in [1.82, 2.24) is 0 Å². The summed E-state index contributed by atoms with van der Waals surface area (Å²) in [5.41, 5.74) is 3.05. The quantitative estimate of drug-likeness (QED) is 0.427. The zero-order valence-corrected chi connectivity index (χ0v) is 20.7. The van der Waals surface area contributed by atoms with Crippen molar-refractivity contribution in [3.63, 3.8) is 0 Å². The Labute approximate surface area is 188 Å². The highest BCUT2D eigenvalue weighted by molar-refractivity contribution is 6.74. The molecule has 2 rings (SSSR count). The number of halogens is 3. The lowest BCUT2D eigenvalue weighted by atomic mass is 9.70. The Hall–Kier alpha value is -2.19. The van der Waals surface area contributed by atoms with Crippen LogP contribution in [-0.2, 0) is 14.6 Å². The fourth-order valence-electron chi connectivity index (χ4n) is 3.73. The molecule has 1 aliphatic carbocycles. The second-order valence-electron chi connectivity index (χ2n) is 9.92. The number of hydrogen-bond acceptors (Lipinski definition) is 3. The van der Waals surface area contributed by atoms with Crippen LogP contribution in [0.4, 0.5) is 13.2 Å². The van der Waals surface area contributed by atoms with E-state index in [2.05, 4.69) is 20.8 Å². The maximum absolute atomic E-state index is 14.4. The molecule has 2 atom stereocenters. The molecule has 176 valence electrons. The number of carbonyl (C=O) groups is 2. The van der Waals surface area contributed by atoms with E-state index in [9.17, 15) is 22.8 Å². The summed E-state index contributed by atoms with van der Waals surface area (Å²) in [6, 6.07) is 4.32. The van der Waals surface area contributed by atoms with Crippen LogP contribution in [0, 0.1) is 6.92 Å². The van der Waals surface area contributed by atoms with Gasteiger partial charge in [0.2, 0.25) is 5.91 Å². The van der Waals surface area contributed by atoms with E-state index >= 15 is 0 Å². The number of nitrogens with two attached hydrogens (primary N) is 1. The molecule has 1 aromatic rings. The van der Waals surface area contributed by atoms with Gasteiger partial charge >= 0.3 is 6.18 Å². The van der Waals surface area contributed by atoms with Crippen molar-refractivity contribution >= 4 is 20.0 Å². The fraction of sp³-hybridized carbons (Fsp3) is 0.500. The first-order valence-electron chi connectivity index (χ1n) is 10.5. The molecular formula is C24H32F3NO3Si. The van der Waals surface area contributed by atoms with E-state index in [1.165, 1.54) is 37.3 Å². The van der Waals surface area contributed by atoms with Gasteiger partial charge in [0.05, 0.1) is 0 Å². The number of ketones is 1. The van der Waals surface area contributed by atoms with Crippen LogP contribution in [0.3, 0.4) is 0 Å². The Balaban J connectivity index is 2.54. The Kier molecular flexibility index (Phi) is 7.03. The smallest absolute Gasteiger partial charge is 0.402 e. The Morgan fingerprint density at radius 3 is 2.28 bits per heavy atom. The topological polar surface area (TPSA) is 69.4 Å². The summed E-state index contributed by atoms with van der Waals surface area (Å²) in [4.78, 5) is 24.9. The van der Waals surface area contributed by atoms with Crippen LogP contribution in [0.25, 0.3) is 0 Å². The first kappa shape index (κ1) is 26.1. The third kappa shape index (κ3) is 4.76. The molecule has 0 aliphatic heterocycles. The number of primary amides is 1. The average Bonchev–Trinajstić information content (AvgIpc) is 2.65. The van der Waals surface area contributed by atoms with Gasteiger partial charge in [-0.3, -0.25) is 9.59 Å². The second-order valence-corrected chi connectivity index (χ2v) is 14.7. The van der Waals surface area contributed by atoms with Gasteiger partial charge in [-0.2, -0.15) is 13.2 Å². The minimum atomic E-state index is -4.70. The molecule has 1 amide bonds. The van der Waals surface area contributed by atoms with Gasteiger partial charge in [-0.1, -0.05) is 57.2 Å². The molecule has 0 radical (unpaired) electrons. The number of allylic oxidation sites excluding steroid dienone is 3. The number of Topliss-reactive ketones (excluding diaryl/α,β-unsaturated/α-hetero) is 1. The van der Waals surface area contributed by atoms with E-state index in [0.717, 1.165) is 6.08 Å². The highest BCUT2D eigenvalue weighted by atomic mass is 28.4. The Morgan fingerprint density at radius 2 is 1.78 bits per heavy atom. The molecule has 0 saturated carbocycles. The molecule has 0 bridgehead atoms. The largest absolute Gasteiger partial charge is 0.407 e. The van der Waals surface area contributed by atoms with Crippen molar-refractivity contribution in [1.29, 1.82) is 0 Å². The predicted octanol–water partition coefficient (Wildman–Crippen LogP) is 5.76. The van der Waals surface area contributed by atoms with Crippen molar-refractivity contribution in [2.24, 2.45) is 5.73 Å². The van der Waals surface area contributed by atoms with E-state index in [1.54, 1.807) is 6.92 Å². The minimum absolute atomic E-state index is 0.0709. The molecule has 0 aromatic heterocycles. The van der Waals surface area contributed by atoms with Gasteiger partial charge in [0.15, 0.2) is 14.1 Å². The molecule has 1 aliphatic rings. The zero-order chi connectivity index (χ0) is 24.7. The van der Waals surface area contributed by atoms with Crippen LogP contribution in [0.1, 0.15) is 55.6 Å². The van der Waals surface area contributed by atoms with Gasteiger partial charge < -0.3 is 10.2 Å². The summed E-state index contributed by atoms with van der Waals surface area (Å²) in [6.45, 7) is 13.3. The monoisotopic (exact) mass is 467 g/mol. The Morgan fingerprint density at radius 1 is 1.19 bits per heavy atom. The first-order valence-corrected chi connectivity index (χ1v) is 13.4. The van der Waals surface area contributed by atoms with Crippen molar-refractivity contribution in [3.05, 3.63) is 58.7 Å². The highest BCUT2D eigenvalue weighted by Gasteiger charge is 2.56. The normalized spacial score (nSPS) is 20.6. The van der Waals surface area contributed by atoms with E-state index < -0.39 is 38.3 Å². The lowest BCUT2D eigenvalue weighted by molar-refractivity contribution is -0.176. The van der Waals surface area contributed by atoms with E-state index in [1.807, 2.05) is 13.1 Å². The predicted molar refractivity (Wildman–Crippen MR) is 122 cm³/mol. The molecule has 8 heteroatoms. The molecular weight excluding hydrogens is 435 g/mol. The summed E-state index contributed by atoms with van der Waals surface area (Å²) in [7, 11) is -2.26. The maximum Gasteiger partial charge on any atom is 0.402 e. The Bertz CT molecular complexity index is 974. The zero-order valence-electron chi connectivity index (χ0n) is 19.7. The van der Waals surface area contributed by atoms with Gasteiger partial charge in [0, 0.05) is 11.1 Å². The third-order valence-corrected chi connectivity index (χ3v) is 11.3. The van der Waals surface area contributed by atoms with Crippen LogP contribution in [0.15, 0.2) is 42.0 Å². The van der Waals surface area contributed by atoms with Gasteiger partial charge in [-0.05, 0) is 49.5 Å². The van der Waals surface area contributed by atoms with Crippen LogP contribution < -0.4 is 5.73 Å². The lowest BCUT2D eigenvalue weighted by Gasteiger charge is -2.38. The van der Waals surface area contributed by atoms with Crippen molar-refractivity contribution in [3.8, 4) is 0 Å². The van der Waals surface area contributed by atoms with Gasteiger partial charge in [0.25, 0.3) is 0 Å². The molecule has 0 spiro atoms. The summed E-state index contributed by atoms with van der Waals surface area (Å²) in [5.74, 6) is -1.26. The lowest BCUT2D eigenvalue weighted by Crippen LogP contribution is -2.45. The van der Waals surface area contributed by atoms with E-state index in [0.29, 0.717) is 0 Å². The summed E-state index contributed by atoms with van der Waals surface area (Å²) in [5, 5.41) is -0.122. The van der Waals surface area contributed by atoms with E-state index in [4.69, 9.17) is 10.2 Å². The van der Waals surface area contributed by atoms with Crippen LogP contribution in [0.2, 0.25) is 18.1 Å². The van der Waals surface area contributed by atoms with E-state index in [-0.39, 0.29) is 33.1 Å². The van der Waals surface area contributed by atoms with Crippen LogP contribution >= 0.6 is 0 Å². The van der Waals surface area contributed by atoms with Gasteiger partial charge in [-0.25, -0.2) is 0 Å². The molecule has 1 aromatic carbocycles. The number of hydrogen-bond donors (Lipinski definition) is 1. The number of rotatable bonds is 6. The summed E-state index contributed by atoms with van der Waals surface area (Å²) >= 11 is 0. The molecule has 2 N–H and O–H groups in total. The number of alkyl halides is 3. The number of benzene rings is 1.